The fraction of sp³-hybridized carbons (Fsp3) is 0.0667. The van der Waals surface area contributed by atoms with Crippen LogP contribution in [-0.2, 0) is 0 Å². The van der Waals surface area contributed by atoms with Gasteiger partial charge in [-0.2, -0.15) is 0 Å². The highest BCUT2D eigenvalue weighted by Crippen LogP contribution is 2.25. The first-order chi connectivity index (χ1) is 9.65. The van der Waals surface area contributed by atoms with Crippen molar-refractivity contribution in [2.75, 3.05) is 11.9 Å². The second-order valence-corrected chi connectivity index (χ2v) is 6.79. The quantitative estimate of drug-likeness (QED) is 0.691. The number of carbonyl (C=O) groups is 1. The van der Waals surface area contributed by atoms with Gasteiger partial charge in [0, 0.05) is 12.4 Å². The summed E-state index contributed by atoms with van der Waals surface area (Å²) in [6.07, 6.45) is 0. The minimum absolute atomic E-state index is 0.0523. The Kier molecular flexibility index (Phi) is 3.54. The second kappa shape index (κ2) is 5.34. The molecule has 0 N–H and O–H groups in total. The van der Waals surface area contributed by atoms with Crippen LogP contribution in [0.2, 0.25) is 0 Å². The minimum Gasteiger partial charge on any atom is -0.295 e. The third-order valence-electron chi connectivity index (χ3n) is 3.02. The van der Waals surface area contributed by atoms with E-state index < -0.39 is 0 Å². The van der Waals surface area contributed by atoms with Crippen LogP contribution >= 0.6 is 27.3 Å². The molecular formula is C15H11BrN2OS. The maximum Gasteiger partial charge on any atom is 0.269 e. The predicted octanol–water partition coefficient (Wildman–Crippen LogP) is 4.34. The summed E-state index contributed by atoms with van der Waals surface area (Å²) in [6.45, 7) is 0. The monoisotopic (exact) mass is 346 g/mol. The Hall–Kier alpha value is -1.72. The summed E-state index contributed by atoms with van der Waals surface area (Å²) in [5, 5.41) is 1.07. The molecule has 0 aliphatic carbocycles. The Labute approximate surface area is 129 Å². The number of aromatic nitrogens is 1. The number of halogens is 1. The normalized spacial score (nSPS) is 10.7. The van der Waals surface area contributed by atoms with Crippen LogP contribution in [-0.4, -0.2) is 17.9 Å². The highest BCUT2D eigenvalue weighted by atomic mass is 79.9. The first-order valence-corrected chi connectivity index (χ1v) is 7.65. The van der Waals surface area contributed by atoms with Crippen molar-refractivity contribution < 1.29 is 4.79 Å². The van der Waals surface area contributed by atoms with E-state index in [1.165, 1.54) is 11.3 Å². The molecule has 0 unspecified atom stereocenters. The van der Waals surface area contributed by atoms with Crippen molar-refractivity contribution in [3.63, 3.8) is 0 Å². The highest BCUT2D eigenvalue weighted by Gasteiger charge is 2.16. The van der Waals surface area contributed by atoms with Crippen LogP contribution in [0.3, 0.4) is 0 Å². The first kappa shape index (κ1) is 13.3. The Morgan fingerprint density at radius 2 is 1.95 bits per heavy atom. The maximum absolute atomic E-state index is 12.4. The molecule has 5 heteroatoms. The minimum atomic E-state index is -0.0523. The number of nitrogens with zero attached hydrogens (tertiary/aromatic N) is 2. The Morgan fingerprint density at radius 1 is 1.15 bits per heavy atom. The molecule has 0 aliphatic rings. The van der Waals surface area contributed by atoms with Crippen molar-refractivity contribution >= 4 is 49.9 Å². The van der Waals surface area contributed by atoms with Crippen molar-refractivity contribution in [3.05, 3.63) is 57.2 Å². The summed E-state index contributed by atoms with van der Waals surface area (Å²) in [4.78, 5) is 19.2. The van der Waals surface area contributed by atoms with Gasteiger partial charge in [-0.25, -0.2) is 4.98 Å². The van der Waals surface area contributed by atoms with Crippen molar-refractivity contribution in [1.29, 1.82) is 0 Å². The Bertz CT molecular complexity index is 784. The number of anilines is 1. The second-order valence-electron chi connectivity index (χ2n) is 4.33. The van der Waals surface area contributed by atoms with E-state index in [1.54, 1.807) is 11.9 Å². The molecule has 3 aromatic rings. The zero-order valence-electron chi connectivity index (χ0n) is 10.7. The maximum atomic E-state index is 12.4. The van der Waals surface area contributed by atoms with Crippen LogP contribution in [0.5, 0.6) is 0 Å². The summed E-state index contributed by atoms with van der Waals surface area (Å²) in [5.41, 5.74) is 0.886. The summed E-state index contributed by atoms with van der Waals surface area (Å²) in [6, 6.07) is 15.4. The van der Waals surface area contributed by atoms with E-state index in [2.05, 4.69) is 20.9 Å². The number of amides is 1. The third kappa shape index (κ3) is 2.46. The number of hydrogen-bond donors (Lipinski definition) is 0. The van der Waals surface area contributed by atoms with Crippen LogP contribution in [0.15, 0.2) is 52.3 Å². The molecule has 1 amide bonds. The molecule has 0 radical (unpaired) electrons. The van der Waals surface area contributed by atoms with E-state index in [-0.39, 0.29) is 5.91 Å². The van der Waals surface area contributed by atoms with Gasteiger partial charge in [0.1, 0.15) is 5.82 Å². The van der Waals surface area contributed by atoms with E-state index in [1.807, 2.05) is 48.5 Å². The predicted molar refractivity (Wildman–Crippen MR) is 86.5 cm³/mol. The van der Waals surface area contributed by atoms with Crippen molar-refractivity contribution in [1.82, 2.24) is 4.98 Å². The third-order valence-corrected chi connectivity index (χ3v) is 4.63. The number of fused-ring (bicyclic) bond motifs is 1. The molecule has 0 saturated carbocycles. The van der Waals surface area contributed by atoms with Crippen LogP contribution in [0.1, 0.15) is 9.67 Å². The number of thiophene rings is 1. The molecule has 0 spiro atoms. The lowest BCUT2D eigenvalue weighted by Gasteiger charge is -2.15. The number of pyridine rings is 1. The average molecular weight is 347 g/mol. The van der Waals surface area contributed by atoms with E-state index >= 15 is 0 Å². The molecule has 0 saturated heterocycles. The molecule has 0 aliphatic heterocycles. The molecular weight excluding hydrogens is 336 g/mol. The summed E-state index contributed by atoms with van der Waals surface area (Å²) < 4.78 is 0.945. The van der Waals surface area contributed by atoms with Gasteiger partial charge in [-0.15, -0.1) is 11.3 Å². The van der Waals surface area contributed by atoms with Gasteiger partial charge in [0.25, 0.3) is 5.91 Å². The molecule has 100 valence electrons. The standard InChI is InChI=1S/C15H11BrN2OS/c1-18(15(19)12-7-8-13(16)20-12)14-9-6-10-4-2-3-5-11(10)17-14/h2-9H,1H3. The van der Waals surface area contributed by atoms with Crippen molar-refractivity contribution in [2.45, 2.75) is 0 Å². The average Bonchev–Trinajstić information content (AvgIpc) is 2.92. The number of benzene rings is 1. The number of para-hydroxylation sites is 1. The molecule has 2 aromatic heterocycles. The lowest BCUT2D eigenvalue weighted by molar-refractivity contribution is 0.0996. The Morgan fingerprint density at radius 3 is 2.70 bits per heavy atom. The lowest BCUT2D eigenvalue weighted by Crippen LogP contribution is -2.26. The van der Waals surface area contributed by atoms with Gasteiger partial charge in [0.05, 0.1) is 14.2 Å². The van der Waals surface area contributed by atoms with Crippen LogP contribution < -0.4 is 4.90 Å². The fourth-order valence-corrected chi connectivity index (χ4v) is 3.30. The van der Waals surface area contributed by atoms with Crippen molar-refractivity contribution in [3.8, 4) is 0 Å². The van der Waals surface area contributed by atoms with Gasteiger partial charge in [-0.05, 0) is 46.3 Å². The molecule has 2 heterocycles. The number of hydrogen-bond acceptors (Lipinski definition) is 3. The molecule has 20 heavy (non-hydrogen) atoms. The number of rotatable bonds is 2. The molecule has 3 rings (SSSR count). The smallest absolute Gasteiger partial charge is 0.269 e. The largest absolute Gasteiger partial charge is 0.295 e. The zero-order chi connectivity index (χ0) is 14.1. The van der Waals surface area contributed by atoms with Gasteiger partial charge in [-0.3, -0.25) is 9.69 Å². The van der Waals surface area contributed by atoms with E-state index in [4.69, 9.17) is 0 Å². The fourth-order valence-electron chi connectivity index (χ4n) is 1.94. The zero-order valence-corrected chi connectivity index (χ0v) is 13.1. The van der Waals surface area contributed by atoms with E-state index in [0.29, 0.717) is 10.7 Å². The molecule has 0 bridgehead atoms. The van der Waals surface area contributed by atoms with Gasteiger partial charge in [0.2, 0.25) is 0 Å². The van der Waals surface area contributed by atoms with Gasteiger partial charge >= 0.3 is 0 Å². The van der Waals surface area contributed by atoms with Gasteiger partial charge in [0.15, 0.2) is 0 Å². The van der Waals surface area contributed by atoms with Gasteiger partial charge < -0.3 is 0 Å². The summed E-state index contributed by atoms with van der Waals surface area (Å²) >= 11 is 4.79. The topological polar surface area (TPSA) is 33.2 Å². The van der Waals surface area contributed by atoms with Crippen LogP contribution in [0.25, 0.3) is 10.9 Å². The summed E-state index contributed by atoms with van der Waals surface area (Å²) in [5.74, 6) is 0.599. The van der Waals surface area contributed by atoms with Crippen LogP contribution in [0.4, 0.5) is 5.82 Å². The summed E-state index contributed by atoms with van der Waals surface area (Å²) in [7, 11) is 1.74. The first-order valence-electron chi connectivity index (χ1n) is 6.04. The van der Waals surface area contributed by atoms with E-state index in [9.17, 15) is 4.79 Å². The SMILES string of the molecule is CN(C(=O)c1ccc(Br)s1)c1ccc2ccccc2n1. The van der Waals surface area contributed by atoms with Crippen molar-refractivity contribution in [2.24, 2.45) is 0 Å². The molecule has 1 aromatic carbocycles. The molecule has 0 fully saturated rings. The van der Waals surface area contributed by atoms with Gasteiger partial charge in [-0.1, -0.05) is 18.2 Å². The molecule has 3 nitrogen and oxygen atoms in total. The highest BCUT2D eigenvalue weighted by molar-refractivity contribution is 9.11. The van der Waals surface area contributed by atoms with Crippen LogP contribution in [0, 0.1) is 0 Å². The number of carbonyl (C=O) groups excluding carboxylic acids is 1. The lowest BCUT2D eigenvalue weighted by atomic mass is 10.2. The Balaban J connectivity index is 1.95. The van der Waals surface area contributed by atoms with E-state index in [0.717, 1.165) is 14.7 Å². The molecule has 0 atom stereocenters.